The van der Waals surface area contributed by atoms with Gasteiger partial charge in [-0.3, -0.25) is 9.52 Å². The summed E-state index contributed by atoms with van der Waals surface area (Å²) in [6, 6.07) is 3.55. The molecule has 5 nitrogen and oxygen atoms in total. The van der Waals surface area contributed by atoms with Gasteiger partial charge in [0.2, 0.25) is 0 Å². The van der Waals surface area contributed by atoms with Crippen LogP contribution in [0.2, 0.25) is 0 Å². The fraction of sp³-hybridized carbons (Fsp3) is 0.182. The highest BCUT2D eigenvalue weighted by atomic mass is 32.2. The molecule has 0 aliphatic heterocycles. The molecule has 10 heteroatoms. The zero-order chi connectivity index (χ0) is 15.8. The summed E-state index contributed by atoms with van der Waals surface area (Å²) in [5.74, 6) is 0. The predicted octanol–water partition coefficient (Wildman–Crippen LogP) is 2.56. The number of aromatic nitrogens is 1. The fourth-order valence-corrected chi connectivity index (χ4v) is 3.94. The normalized spacial score (nSPS) is 12.4. The number of aryl methyl sites for hydroxylation is 1. The lowest BCUT2D eigenvalue weighted by molar-refractivity contribution is -0.137. The van der Waals surface area contributed by atoms with E-state index in [9.17, 15) is 26.4 Å². The quantitative estimate of drug-likeness (QED) is 0.903. The Morgan fingerprint density at radius 2 is 1.76 bits per heavy atom. The van der Waals surface area contributed by atoms with Crippen LogP contribution < -0.4 is 9.60 Å². The molecule has 0 amide bonds. The van der Waals surface area contributed by atoms with Crippen molar-refractivity contribution < 1.29 is 21.6 Å². The number of benzene rings is 1. The topological polar surface area (TPSA) is 79.0 Å². The molecule has 0 radical (unpaired) electrons. The maximum absolute atomic E-state index is 12.4. The van der Waals surface area contributed by atoms with Crippen LogP contribution >= 0.6 is 11.3 Å². The first kappa shape index (κ1) is 15.6. The van der Waals surface area contributed by atoms with Crippen molar-refractivity contribution in [3.05, 3.63) is 45.2 Å². The molecule has 0 spiro atoms. The monoisotopic (exact) mass is 338 g/mol. The summed E-state index contributed by atoms with van der Waals surface area (Å²) in [5, 5.41) is 0. The molecule has 0 aliphatic rings. The van der Waals surface area contributed by atoms with E-state index in [2.05, 4.69) is 9.71 Å². The minimum absolute atomic E-state index is 0.0248. The molecule has 21 heavy (non-hydrogen) atoms. The number of H-pyrrole nitrogens is 1. The molecular weight excluding hydrogens is 329 g/mol. The van der Waals surface area contributed by atoms with Crippen molar-refractivity contribution in [2.24, 2.45) is 0 Å². The van der Waals surface area contributed by atoms with Crippen LogP contribution in [0, 0.1) is 6.92 Å². The Morgan fingerprint density at radius 3 is 2.19 bits per heavy atom. The van der Waals surface area contributed by atoms with Gasteiger partial charge in [0.25, 0.3) is 10.0 Å². The maximum atomic E-state index is 12.4. The van der Waals surface area contributed by atoms with Gasteiger partial charge in [0.1, 0.15) is 0 Å². The van der Waals surface area contributed by atoms with Crippen LogP contribution in [-0.4, -0.2) is 13.4 Å². The molecule has 2 aromatic rings. The summed E-state index contributed by atoms with van der Waals surface area (Å²) in [5.41, 5.74) is -0.736. The van der Waals surface area contributed by atoms with Crippen LogP contribution in [0.1, 0.15) is 11.3 Å². The molecular formula is C11H9F3N2O3S2. The van der Waals surface area contributed by atoms with Crippen molar-refractivity contribution in [1.82, 2.24) is 4.98 Å². The standard InChI is InChI=1S/C11H9F3N2O3S2/c1-6-9(20-10(17)15-6)21(18,19)16-8-4-2-7(3-5-8)11(12,13)14/h2-5,16H,1H3,(H,15,17). The first-order valence-corrected chi connectivity index (χ1v) is 7.79. The van der Waals surface area contributed by atoms with Crippen molar-refractivity contribution in [2.45, 2.75) is 17.3 Å². The molecule has 1 aromatic heterocycles. The highest BCUT2D eigenvalue weighted by Crippen LogP contribution is 2.30. The maximum Gasteiger partial charge on any atom is 0.416 e. The van der Waals surface area contributed by atoms with E-state index < -0.39 is 26.6 Å². The minimum Gasteiger partial charge on any atom is -0.315 e. The third-order valence-electron chi connectivity index (χ3n) is 2.49. The first-order chi connectivity index (χ1) is 9.59. The summed E-state index contributed by atoms with van der Waals surface area (Å²) in [6.07, 6.45) is -4.49. The van der Waals surface area contributed by atoms with Crippen molar-refractivity contribution >= 4 is 27.0 Å². The molecule has 2 rings (SSSR count). The summed E-state index contributed by atoms with van der Waals surface area (Å²) in [6.45, 7) is 1.42. The summed E-state index contributed by atoms with van der Waals surface area (Å²) < 4.78 is 63.2. The largest absolute Gasteiger partial charge is 0.416 e. The third-order valence-corrected chi connectivity index (χ3v) is 5.48. The van der Waals surface area contributed by atoms with Gasteiger partial charge in [-0.05, 0) is 31.2 Å². The molecule has 1 aromatic carbocycles. The molecule has 0 fully saturated rings. The van der Waals surface area contributed by atoms with E-state index in [4.69, 9.17) is 0 Å². The Kier molecular flexibility index (Phi) is 3.85. The molecule has 0 saturated heterocycles. The predicted molar refractivity (Wildman–Crippen MR) is 71.9 cm³/mol. The molecule has 0 aliphatic carbocycles. The Hall–Kier alpha value is -1.81. The van der Waals surface area contributed by atoms with Crippen molar-refractivity contribution in [2.75, 3.05) is 4.72 Å². The summed E-state index contributed by atoms with van der Waals surface area (Å²) >= 11 is 0.506. The zero-order valence-electron chi connectivity index (χ0n) is 10.5. The molecule has 0 saturated carbocycles. The summed E-state index contributed by atoms with van der Waals surface area (Å²) in [7, 11) is -4.02. The smallest absolute Gasteiger partial charge is 0.315 e. The molecule has 0 unspecified atom stereocenters. The second kappa shape index (κ2) is 5.19. The lowest BCUT2D eigenvalue weighted by atomic mass is 10.2. The molecule has 0 atom stereocenters. The Labute approximate surface area is 121 Å². The van der Waals surface area contributed by atoms with Crippen molar-refractivity contribution in [3.63, 3.8) is 0 Å². The number of halogens is 3. The van der Waals surface area contributed by atoms with Crippen LogP contribution in [0.15, 0.2) is 33.3 Å². The van der Waals surface area contributed by atoms with Gasteiger partial charge < -0.3 is 4.98 Å². The van der Waals surface area contributed by atoms with Crippen LogP contribution in [-0.2, 0) is 16.2 Å². The van der Waals surface area contributed by atoms with Gasteiger partial charge in [-0.15, -0.1) is 0 Å². The number of nitrogens with one attached hydrogen (secondary N) is 2. The van der Waals surface area contributed by atoms with Crippen LogP contribution in [0.25, 0.3) is 0 Å². The average molecular weight is 338 g/mol. The van der Waals surface area contributed by atoms with Gasteiger partial charge in [-0.25, -0.2) is 8.42 Å². The van der Waals surface area contributed by atoms with E-state index in [1.54, 1.807) is 0 Å². The average Bonchev–Trinajstić information content (AvgIpc) is 2.68. The number of alkyl halides is 3. The number of hydrogen-bond acceptors (Lipinski definition) is 4. The van der Waals surface area contributed by atoms with E-state index >= 15 is 0 Å². The number of thiazole rings is 1. The summed E-state index contributed by atoms with van der Waals surface area (Å²) in [4.78, 5) is 12.9. The van der Waals surface area contributed by atoms with E-state index in [-0.39, 0.29) is 15.6 Å². The van der Waals surface area contributed by atoms with Crippen LogP contribution in [0.3, 0.4) is 0 Å². The lowest BCUT2D eigenvalue weighted by Gasteiger charge is -2.09. The van der Waals surface area contributed by atoms with Crippen molar-refractivity contribution in [1.29, 1.82) is 0 Å². The van der Waals surface area contributed by atoms with E-state index in [0.29, 0.717) is 11.3 Å². The SMILES string of the molecule is Cc1[nH]c(=O)sc1S(=O)(=O)Nc1ccc(C(F)(F)F)cc1. The van der Waals surface area contributed by atoms with E-state index in [0.717, 1.165) is 24.3 Å². The van der Waals surface area contributed by atoms with Gasteiger partial charge in [0.15, 0.2) is 4.21 Å². The number of anilines is 1. The van der Waals surface area contributed by atoms with Crippen LogP contribution in [0.5, 0.6) is 0 Å². The van der Waals surface area contributed by atoms with Gasteiger partial charge in [0.05, 0.1) is 5.56 Å². The molecule has 2 N–H and O–H groups in total. The number of hydrogen-bond donors (Lipinski definition) is 2. The van der Waals surface area contributed by atoms with Gasteiger partial charge >= 0.3 is 11.0 Å². The highest BCUT2D eigenvalue weighted by Gasteiger charge is 2.30. The number of sulfonamides is 1. The molecule has 1 heterocycles. The third kappa shape index (κ3) is 3.45. The van der Waals surface area contributed by atoms with E-state index in [1.165, 1.54) is 6.92 Å². The number of rotatable bonds is 3. The Morgan fingerprint density at radius 1 is 1.19 bits per heavy atom. The Balaban J connectivity index is 2.29. The second-order valence-electron chi connectivity index (χ2n) is 4.11. The van der Waals surface area contributed by atoms with Crippen molar-refractivity contribution in [3.8, 4) is 0 Å². The molecule has 0 bridgehead atoms. The van der Waals surface area contributed by atoms with Gasteiger partial charge in [-0.1, -0.05) is 11.3 Å². The second-order valence-corrected chi connectivity index (χ2v) is 6.97. The number of aromatic amines is 1. The fourth-order valence-electron chi connectivity index (χ4n) is 1.58. The van der Waals surface area contributed by atoms with E-state index in [1.807, 2.05) is 0 Å². The minimum atomic E-state index is -4.49. The van der Waals surface area contributed by atoms with Gasteiger partial charge in [-0.2, -0.15) is 13.2 Å². The Bertz CT molecular complexity index is 804. The zero-order valence-corrected chi connectivity index (χ0v) is 12.1. The van der Waals surface area contributed by atoms with Crippen LogP contribution in [0.4, 0.5) is 18.9 Å². The van der Waals surface area contributed by atoms with Gasteiger partial charge in [0, 0.05) is 11.4 Å². The highest BCUT2D eigenvalue weighted by molar-refractivity contribution is 7.94. The first-order valence-electron chi connectivity index (χ1n) is 5.49. The molecule has 114 valence electrons. The lowest BCUT2D eigenvalue weighted by Crippen LogP contribution is -2.13.